The summed E-state index contributed by atoms with van der Waals surface area (Å²) in [5.41, 5.74) is 5.62. The average molecular weight is 394 g/mol. The van der Waals surface area contributed by atoms with Crippen molar-refractivity contribution in [3.05, 3.63) is 0 Å². The van der Waals surface area contributed by atoms with E-state index in [0.717, 1.165) is 44.7 Å². The smallest absolute Gasteiger partial charge is 0.245 e. The van der Waals surface area contributed by atoms with E-state index in [1.165, 1.54) is 12.8 Å². The molecule has 0 bridgehead atoms. The second kappa shape index (κ2) is 10.8. The Kier molecular flexibility index (Phi) is 8.77. The molecule has 6 nitrogen and oxygen atoms in total. The van der Waals surface area contributed by atoms with Gasteiger partial charge in [-0.2, -0.15) is 0 Å². The summed E-state index contributed by atoms with van der Waals surface area (Å²) in [5, 5.41) is 3.00. The first-order valence-corrected chi connectivity index (χ1v) is 11.2. The zero-order valence-corrected chi connectivity index (χ0v) is 17.9. The maximum atomic E-state index is 13.1. The second-order valence-corrected chi connectivity index (χ2v) is 9.15. The molecule has 28 heavy (non-hydrogen) atoms. The van der Waals surface area contributed by atoms with Gasteiger partial charge in [0.05, 0.1) is 0 Å². The summed E-state index contributed by atoms with van der Waals surface area (Å²) < 4.78 is 0. The molecule has 2 aliphatic rings. The molecule has 3 N–H and O–H groups in total. The number of hydrogen-bond acceptors (Lipinski definition) is 3. The standard InChI is InChI=1S/C22H39N3O3/c1-4-7-17(20(23)26)18(14-15(2)3)21(27)24-19-8-5-6-12-25(22(19)28)13-11-16-9-10-16/h15-19H,4-14H2,1-3H3,(H2,23,26)(H,24,27)/t17-,18+,19-/m0/s1. The van der Waals surface area contributed by atoms with Gasteiger partial charge in [0.25, 0.3) is 0 Å². The Bertz CT molecular complexity index is 545. The van der Waals surface area contributed by atoms with Crippen molar-refractivity contribution in [3.63, 3.8) is 0 Å². The molecule has 1 aliphatic heterocycles. The van der Waals surface area contributed by atoms with Crippen LogP contribution < -0.4 is 11.1 Å². The number of carbonyl (C=O) groups is 3. The van der Waals surface area contributed by atoms with Gasteiger partial charge in [0.15, 0.2) is 0 Å². The fourth-order valence-electron chi connectivity index (χ4n) is 4.30. The van der Waals surface area contributed by atoms with Gasteiger partial charge in [0, 0.05) is 24.9 Å². The first-order chi connectivity index (χ1) is 13.3. The van der Waals surface area contributed by atoms with Crippen molar-refractivity contribution in [2.75, 3.05) is 13.1 Å². The number of nitrogens with two attached hydrogens (primary N) is 1. The van der Waals surface area contributed by atoms with Gasteiger partial charge in [-0.1, -0.05) is 40.0 Å². The van der Waals surface area contributed by atoms with Crippen LogP contribution in [0.3, 0.4) is 0 Å². The van der Waals surface area contributed by atoms with Gasteiger partial charge in [-0.3, -0.25) is 14.4 Å². The highest BCUT2D eigenvalue weighted by Gasteiger charge is 2.36. The van der Waals surface area contributed by atoms with Crippen molar-refractivity contribution in [2.24, 2.45) is 29.4 Å². The molecule has 0 aromatic heterocycles. The molecular formula is C22H39N3O3. The molecule has 2 fully saturated rings. The quantitative estimate of drug-likeness (QED) is 0.565. The Labute approximate surface area is 170 Å². The highest BCUT2D eigenvalue weighted by molar-refractivity contribution is 5.91. The SMILES string of the molecule is CCC[C@H](C(N)=O)[C@@H](CC(C)C)C(=O)N[C@H]1CCCCN(CCC2CC2)C1=O. The third-order valence-electron chi connectivity index (χ3n) is 6.11. The normalized spacial score (nSPS) is 22.6. The Morgan fingerprint density at radius 1 is 1.18 bits per heavy atom. The summed E-state index contributed by atoms with van der Waals surface area (Å²) in [7, 11) is 0. The Morgan fingerprint density at radius 2 is 1.89 bits per heavy atom. The lowest BCUT2D eigenvalue weighted by Crippen LogP contribution is -2.51. The van der Waals surface area contributed by atoms with Crippen molar-refractivity contribution in [1.82, 2.24) is 10.2 Å². The van der Waals surface area contributed by atoms with Crippen LogP contribution in [0, 0.1) is 23.7 Å². The summed E-state index contributed by atoms with van der Waals surface area (Å²) in [6.07, 6.45) is 8.23. The van der Waals surface area contributed by atoms with Crippen LogP contribution in [-0.4, -0.2) is 41.8 Å². The molecule has 2 rings (SSSR count). The zero-order chi connectivity index (χ0) is 20.7. The van der Waals surface area contributed by atoms with Gasteiger partial charge in [-0.25, -0.2) is 0 Å². The molecule has 3 atom stereocenters. The molecule has 0 spiro atoms. The van der Waals surface area contributed by atoms with E-state index in [0.29, 0.717) is 19.3 Å². The van der Waals surface area contributed by atoms with Crippen molar-refractivity contribution in [1.29, 1.82) is 0 Å². The summed E-state index contributed by atoms with van der Waals surface area (Å²) >= 11 is 0. The number of rotatable bonds is 11. The molecule has 1 saturated heterocycles. The van der Waals surface area contributed by atoms with Crippen LogP contribution in [0.1, 0.15) is 78.6 Å². The number of nitrogens with zero attached hydrogens (tertiary/aromatic N) is 1. The molecule has 1 aliphatic carbocycles. The zero-order valence-electron chi connectivity index (χ0n) is 17.9. The molecule has 0 unspecified atom stereocenters. The minimum absolute atomic E-state index is 0.0425. The van der Waals surface area contributed by atoms with E-state index in [1.54, 1.807) is 0 Å². The van der Waals surface area contributed by atoms with Gasteiger partial charge < -0.3 is 16.0 Å². The van der Waals surface area contributed by atoms with Crippen LogP contribution in [0.2, 0.25) is 0 Å². The monoisotopic (exact) mass is 393 g/mol. The van der Waals surface area contributed by atoms with Crippen molar-refractivity contribution >= 4 is 17.7 Å². The van der Waals surface area contributed by atoms with Crippen LogP contribution in [0.5, 0.6) is 0 Å². The summed E-state index contributed by atoms with van der Waals surface area (Å²) in [6.45, 7) is 7.66. The van der Waals surface area contributed by atoms with E-state index >= 15 is 0 Å². The predicted octanol–water partition coefficient (Wildman–Crippen LogP) is 2.85. The van der Waals surface area contributed by atoms with Gasteiger partial charge >= 0.3 is 0 Å². The van der Waals surface area contributed by atoms with E-state index < -0.39 is 23.8 Å². The van der Waals surface area contributed by atoms with Crippen LogP contribution in [0.15, 0.2) is 0 Å². The first-order valence-electron chi connectivity index (χ1n) is 11.2. The van der Waals surface area contributed by atoms with Gasteiger partial charge in [0.1, 0.15) is 6.04 Å². The maximum Gasteiger partial charge on any atom is 0.245 e. The fourth-order valence-corrected chi connectivity index (χ4v) is 4.30. The van der Waals surface area contributed by atoms with Crippen LogP contribution in [-0.2, 0) is 14.4 Å². The summed E-state index contributed by atoms with van der Waals surface area (Å²) in [6, 6.07) is -0.473. The molecule has 160 valence electrons. The molecule has 0 aromatic rings. The Morgan fingerprint density at radius 3 is 2.46 bits per heavy atom. The van der Waals surface area contributed by atoms with E-state index in [2.05, 4.69) is 5.32 Å². The number of likely N-dealkylation sites (tertiary alicyclic amines) is 1. The van der Waals surface area contributed by atoms with E-state index in [1.807, 2.05) is 25.7 Å². The number of nitrogens with one attached hydrogen (secondary N) is 1. The molecule has 1 heterocycles. The first kappa shape index (κ1) is 22.7. The predicted molar refractivity (Wildman–Crippen MR) is 110 cm³/mol. The minimum atomic E-state index is -0.473. The lowest BCUT2D eigenvalue weighted by atomic mass is 9.81. The van der Waals surface area contributed by atoms with Crippen LogP contribution in [0.25, 0.3) is 0 Å². The van der Waals surface area contributed by atoms with E-state index in [4.69, 9.17) is 5.73 Å². The third kappa shape index (κ3) is 6.78. The molecule has 0 aromatic carbocycles. The largest absolute Gasteiger partial charge is 0.369 e. The van der Waals surface area contributed by atoms with Crippen LogP contribution >= 0.6 is 0 Å². The molecule has 1 saturated carbocycles. The second-order valence-electron chi connectivity index (χ2n) is 9.15. The average Bonchev–Trinajstić information content (AvgIpc) is 3.46. The Hall–Kier alpha value is -1.59. The number of carbonyl (C=O) groups excluding carboxylic acids is 3. The highest BCUT2D eigenvalue weighted by atomic mass is 16.2. The number of hydrogen-bond donors (Lipinski definition) is 2. The highest BCUT2D eigenvalue weighted by Crippen LogP contribution is 2.32. The lowest BCUT2D eigenvalue weighted by Gasteiger charge is -2.29. The van der Waals surface area contributed by atoms with E-state index in [9.17, 15) is 14.4 Å². The van der Waals surface area contributed by atoms with Crippen molar-refractivity contribution in [2.45, 2.75) is 84.6 Å². The molecule has 0 radical (unpaired) electrons. The molecule has 3 amide bonds. The molecular weight excluding hydrogens is 354 g/mol. The Balaban J connectivity index is 2.05. The minimum Gasteiger partial charge on any atom is -0.369 e. The van der Waals surface area contributed by atoms with E-state index in [-0.39, 0.29) is 17.7 Å². The summed E-state index contributed by atoms with van der Waals surface area (Å²) in [5.74, 6) is -0.443. The van der Waals surface area contributed by atoms with Gasteiger partial charge in [-0.05, 0) is 50.4 Å². The van der Waals surface area contributed by atoms with Crippen LogP contribution in [0.4, 0.5) is 0 Å². The van der Waals surface area contributed by atoms with Crippen molar-refractivity contribution in [3.8, 4) is 0 Å². The number of amides is 3. The third-order valence-corrected chi connectivity index (χ3v) is 6.11. The fraction of sp³-hybridized carbons (Fsp3) is 0.864. The van der Waals surface area contributed by atoms with Gasteiger partial charge in [-0.15, -0.1) is 0 Å². The topological polar surface area (TPSA) is 92.5 Å². The van der Waals surface area contributed by atoms with Gasteiger partial charge in [0.2, 0.25) is 17.7 Å². The molecule has 6 heteroatoms. The summed E-state index contributed by atoms with van der Waals surface area (Å²) in [4.78, 5) is 40.1. The van der Waals surface area contributed by atoms with Crippen molar-refractivity contribution < 1.29 is 14.4 Å². The lowest BCUT2D eigenvalue weighted by molar-refractivity contribution is -0.139. The number of primary amides is 1. The maximum absolute atomic E-state index is 13.1.